The van der Waals surface area contributed by atoms with Crippen LogP contribution in [0, 0.1) is 19.8 Å². The van der Waals surface area contributed by atoms with Crippen LogP contribution in [0.5, 0.6) is 0 Å². The van der Waals surface area contributed by atoms with Crippen molar-refractivity contribution in [3.8, 4) is 0 Å². The van der Waals surface area contributed by atoms with E-state index < -0.39 is 0 Å². The highest BCUT2D eigenvalue weighted by molar-refractivity contribution is 5.36. The van der Waals surface area contributed by atoms with Gasteiger partial charge in [-0.3, -0.25) is 0 Å². The van der Waals surface area contributed by atoms with Crippen molar-refractivity contribution in [1.82, 2.24) is 5.32 Å². The average molecular weight is 285 g/mol. The summed E-state index contributed by atoms with van der Waals surface area (Å²) in [5.74, 6) is 2.66. The Morgan fingerprint density at radius 2 is 1.90 bits per heavy atom. The maximum atomic E-state index is 5.72. The number of benzene rings is 1. The molecule has 0 aliphatic heterocycles. The first-order valence-corrected chi connectivity index (χ1v) is 7.90. The first kappa shape index (κ1) is 15.8. The van der Waals surface area contributed by atoms with Gasteiger partial charge < -0.3 is 9.73 Å². The van der Waals surface area contributed by atoms with Crippen molar-refractivity contribution in [2.24, 2.45) is 5.92 Å². The van der Waals surface area contributed by atoms with Gasteiger partial charge in [0.05, 0.1) is 6.04 Å². The zero-order valence-electron chi connectivity index (χ0n) is 13.9. The molecule has 0 aliphatic carbocycles. The zero-order valence-corrected chi connectivity index (χ0v) is 13.9. The third kappa shape index (κ3) is 3.98. The second kappa shape index (κ2) is 6.95. The maximum absolute atomic E-state index is 5.72. The summed E-state index contributed by atoms with van der Waals surface area (Å²) < 4.78 is 5.72. The second-order valence-electron chi connectivity index (χ2n) is 6.20. The lowest BCUT2D eigenvalue weighted by Gasteiger charge is -2.19. The molecule has 2 nitrogen and oxygen atoms in total. The Bertz CT molecular complexity index is 583. The molecule has 2 aromatic rings. The molecule has 1 aromatic carbocycles. The van der Waals surface area contributed by atoms with E-state index in [0.717, 1.165) is 24.5 Å². The lowest BCUT2D eigenvalue weighted by atomic mass is 9.94. The molecule has 0 spiro atoms. The molecule has 2 heteroatoms. The van der Waals surface area contributed by atoms with E-state index in [9.17, 15) is 0 Å². The zero-order chi connectivity index (χ0) is 15.4. The molecule has 1 unspecified atom stereocenters. The van der Waals surface area contributed by atoms with Crippen LogP contribution in [0.3, 0.4) is 0 Å². The largest absolute Gasteiger partial charge is 0.466 e. The van der Waals surface area contributed by atoms with E-state index in [1.54, 1.807) is 0 Å². The van der Waals surface area contributed by atoms with Crippen LogP contribution >= 0.6 is 0 Å². The molecular weight excluding hydrogens is 258 g/mol. The van der Waals surface area contributed by atoms with Gasteiger partial charge in [-0.25, -0.2) is 0 Å². The first-order chi connectivity index (χ1) is 10.0. The lowest BCUT2D eigenvalue weighted by Crippen LogP contribution is -2.22. The lowest BCUT2D eigenvalue weighted by molar-refractivity contribution is 0.495. The molecule has 0 amide bonds. The highest BCUT2D eigenvalue weighted by Crippen LogP contribution is 2.28. The van der Waals surface area contributed by atoms with Crippen molar-refractivity contribution in [2.45, 2.75) is 47.1 Å². The molecule has 1 N–H and O–H groups in total. The number of furan rings is 1. The molecule has 0 saturated carbocycles. The Hall–Kier alpha value is -1.54. The molecule has 1 aromatic heterocycles. The summed E-state index contributed by atoms with van der Waals surface area (Å²) in [6, 6.07) is 11.3. The summed E-state index contributed by atoms with van der Waals surface area (Å²) in [5.41, 5.74) is 3.97. The fourth-order valence-corrected chi connectivity index (χ4v) is 2.92. The van der Waals surface area contributed by atoms with E-state index in [2.05, 4.69) is 56.4 Å². The third-order valence-corrected chi connectivity index (χ3v) is 3.73. The van der Waals surface area contributed by atoms with Gasteiger partial charge in [-0.15, -0.1) is 0 Å². The van der Waals surface area contributed by atoms with Crippen molar-refractivity contribution in [3.63, 3.8) is 0 Å². The van der Waals surface area contributed by atoms with E-state index in [4.69, 9.17) is 4.42 Å². The van der Waals surface area contributed by atoms with Gasteiger partial charge in [0, 0.05) is 5.56 Å². The van der Waals surface area contributed by atoms with Crippen LogP contribution in [-0.2, 0) is 6.42 Å². The minimum absolute atomic E-state index is 0.208. The van der Waals surface area contributed by atoms with Crippen molar-refractivity contribution < 1.29 is 4.42 Å². The van der Waals surface area contributed by atoms with E-state index >= 15 is 0 Å². The van der Waals surface area contributed by atoms with Crippen LogP contribution in [0.1, 0.15) is 55.0 Å². The van der Waals surface area contributed by atoms with Gasteiger partial charge in [-0.1, -0.05) is 45.0 Å². The number of nitrogens with one attached hydrogen (secondary N) is 1. The molecular formula is C19H27NO. The highest BCUT2D eigenvalue weighted by atomic mass is 16.3. The van der Waals surface area contributed by atoms with Crippen LogP contribution in [0.15, 0.2) is 34.7 Å². The van der Waals surface area contributed by atoms with Gasteiger partial charge in [0.1, 0.15) is 11.5 Å². The molecule has 114 valence electrons. The molecule has 0 fully saturated rings. The smallest absolute Gasteiger partial charge is 0.106 e. The predicted octanol–water partition coefficient (Wildman–Crippen LogP) is 4.79. The van der Waals surface area contributed by atoms with E-state index in [1.807, 2.05) is 13.8 Å². The van der Waals surface area contributed by atoms with E-state index in [1.165, 1.54) is 16.7 Å². The van der Waals surface area contributed by atoms with Crippen molar-refractivity contribution in [2.75, 3.05) is 6.54 Å². The monoisotopic (exact) mass is 285 g/mol. The Kier molecular flexibility index (Phi) is 5.24. The predicted molar refractivity (Wildman–Crippen MR) is 88.7 cm³/mol. The summed E-state index contributed by atoms with van der Waals surface area (Å²) in [7, 11) is 0. The second-order valence-corrected chi connectivity index (χ2v) is 6.20. The number of aryl methyl sites for hydroxylation is 2. The number of rotatable bonds is 6. The van der Waals surface area contributed by atoms with Gasteiger partial charge >= 0.3 is 0 Å². The van der Waals surface area contributed by atoms with Crippen LogP contribution in [0.25, 0.3) is 0 Å². The van der Waals surface area contributed by atoms with E-state index in [0.29, 0.717) is 5.92 Å². The minimum Gasteiger partial charge on any atom is -0.466 e. The van der Waals surface area contributed by atoms with Crippen molar-refractivity contribution in [3.05, 3.63) is 58.5 Å². The summed E-state index contributed by atoms with van der Waals surface area (Å²) in [5, 5.41) is 3.59. The van der Waals surface area contributed by atoms with E-state index in [-0.39, 0.29) is 6.04 Å². The van der Waals surface area contributed by atoms with Crippen LogP contribution in [0.4, 0.5) is 0 Å². The maximum Gasteiger partial charge on any atom is 0.106 e. The van der Waals surface area contributed by atoms with Crippen LogP contribution < -0.4 is 5.32 Å². The molecule has 2 rings (SSSR count). The fraction of sp³-hybridized carbons (Fsp3) is 0.474. The van der Waals surface area contributed by atoms with Gasteiger partial charge in [0.15, 0.2) is 0 Å². The molecule has 0 bridgehead atoms. The van der Waals surface area contributed by atoms with Gasteiger partial charge in [-0.05, 0) is 49.9 Å². The average Bonchev–Trinajstić information content (AvgIpc) is 2.74. The molecule has 21 heavy (non-hydrogen) atoms. The fourth-order valence-electron chi connectivity index (χ4n) is 2.92. The Labute approximate surface area is 128 Å². The van der Waals surface area contributed by atoms with Crippen molar-refractivity contribution in [1.29, 1.82) is 0 Å². The highest BCUT2D eigenvalue weighted by Gasteiger charge is 2.18. The Balaban J connectivity index is 2.36. The summed E-state index contributed by atoms with van der Waals surface area (Å²) in [6.07, 6.45) is 1.12. The van der Waals surface area contributed by atoms with Crippen LogP contribution in [0.2, 0.25) is 0 Å². The topological polar surface area (TPSA) is 25.2 Å². The van der Waals surface area contributed by atoms with Gasteiger partial charge in [0.2, 0.25) is 0 Å². The van der Waals surface area contributed by atoms with Crippen LogP contribution in [-0.4, -0.2) is 6.54 Å². The SMILES string of the molecule is CCNC(c1cccc(CC(C)C)c1)c1cc(C)oc1C. The molecule has 0 radical (unpaired) electrons. The Morgan fingerprint density at radius 1 is 1.14 bits per heavy atom. The molecule has 0 saturated heterocycles. The first-order valence-electron chi connectivity index (χ1n) is 7.90. The normalized spacial score (nSPS) is 12.9. The Morgan fingerprint density at radius 3 is 2.48 bits per heavy atom. The van der Waals surface area contributed by atoms with Crippen molar-refractivity contribution >= 4 is 0 Å². The van der Waals surface area contributed by atoms with Gasteiger partial charge in [-0.2, -0.15) is 0 Å². The minimum atomic E-state index is 0.208. The third-order valence-electron chi connectivity index (χ3n) is 3.73. The summed E-state index contributed by atoms with van der Waals surface area (Å²) in [4.78, 5) is 0. The number of hydrogen-bond donors (Lipinski definition) is 1. The van der Waals surface area contributed by atoms with Gasteiger partial charge in [0.25, 0.3) is 0 Å². The molecule has 0 aliphatic rings. The quantitative estimate of drug-likeness (QED) is 0.825. The number of hydrogen-bond acceptors (Lipinski definition) is 2. The molecule has 1 heterocycles. The summed E-state index contributed by atoms with van der Waals surface area (Å²) >= 11 is 0. The standard InChI is InChI=1S/C19H27NO/c1-6-20-19(18-11-14(4)21-15(18)5)17-9-7-8-16(12-17)10-13(2)3/h7-9,11-13,19-20H,6,10H2,1-5H3. The molecule has 1 atom stereocenters. The summed E-state index contributed by atoms with van der Waals surface area (Å²) in [6.45, 7) is 11.7.